The molecule has 14 atom stereocenters. The number of phenolic OH excluding ortho intramolecular Hbond substituents is 1. The number of benzene rings is 1. The monoisotopic (exact) mass is 1430 g/mol. The molecule has 0 aliphatic carbocycles. The highest BCUT2D eigenvalue weighted by Gasteiger charge is 2.39. The van der Waals surface area contributed by atoms with Crippen molar-refractivity contribution in [3.05, 3.63) is 29.8 Å². The van der Waals surface area contributed by atoms with E-state index in [1.54, 1.807) is 27.7 Å². The van der Waals surface area contributed by atoms with Gasteiger partial charge < -0.3 is 119 Å². The second-order valence-corrected chi connectivity index (χ2v) is 25.6. The molecule has 1 aromatic rings. The third-order valence-corrected chi connectivity index (χ3v) is 16.1. The van der Waals surface area contributed by atoms with Crippen molar-refractivity contribution in [2.45, 2.75) is 230 Å². The molecule has 0 aliphatic rings. The molecule has 0 radical (unpaired) electrons. The molecular formula is C64H111N19O18. The summed E-state index contributed by atoms with van der Waals surface area (Å²) in [4.78, 5) is 193. The van der Waals surface area contributed by atoms with Crippen molar-refractivity contribution in [2.24, 2.45) is 62.9 Å². The molecule has 37 nitrogen and oxygen atoms in total. The molecule has 0 aromatic heterocycles. The van der Waals surface area contributed by atoms with E-state index in [0.717, 1.165) is 6.92 Å². The van der Waals surface area contributed by atoms with Crippen LogP contribution in [-0.2, 0) is 73.5 Å². The zero-order chi connectivity index (χ0) is 76.8. The number of aliphatic hydroxyl groups is 2. The molecule has 13 amide bonds. The van der Waals surface area contributed by atoms with Crippen molar-refractivity contribution in [1.82, 2.24) is 58.5 Å². The number of rotatable bonds is 50. The Morgan fingerprint density at radius 3 is 1.37 bits per heavy atom. The summed E-state index contributed by atoms with van der Waals surface area (Å²) in [6.07, 6.45) is -1.44. The van der Waals surface area contributed by atoms with Gasteiger partial charge >= 0.3 is 5.97 Å². The van der Waals surface area contributed by atoms with Crippen molar-refractivity contribution in [2.75, 3.05) is 26.2 Å². The second kappa shape index (κ2) is 46.9. The number of unbranched alkanes of at least 4 members (excludes halogenated alkanes) is 2. The van der Waals surface area contributed by atoms with Crippen LogP contribution in [0, 0.1) is 17.8 Å². The molecule has 1 rings (SSSR count). The van der Waals surface area contributed by atoms with E-state index in [-0.39, 0.29) is 82.2 Å². The molecule has 101 heavy (non-hydrogen) atoms. The SMILES string of the molecule is CC[C@H](C)[C@H](NC(=O)[C@@H](NC(=O)[C@H](CC(C)C)NC(=O)[C@H](CO)NC(=O)[C@H](CCCCN)NC(=O)[C@@H](N)CCCN=C(N)N)[C@@H](C)O)C(=O)N[C@@H](Cc1ccc(O)cc1)C(=O)N[C@@H](C)C(=O)N[C@@H](CCC(N)=O)C(=O)N[C@H](C(=O)N[C@@H](CCC(N)=O)C(=O)N[C@@H](CCCCN)C(=O)O)C(C)C. The highest BCUT2D eigenvalue weighted by molar-refractivity contribution is 6.00. The Kier molecular flexibility index (Phi) is 41.6. The van der Waals surface area contributed by atoms with Crippen LogP contribution in [0.15, 0.2) is 29.3 Å². The number of primary amides is 2. The number of guanidine groups is 1. The number of hydrogen-bond acceptors (Lipinski definition) is 21. The maximum Gasteiger partial charge on any atom is 0.326 e. The van der Waals surface area contributed by atoms with E-state index in [1.807, 2.05) is 0 Å². The van der Waals surface area contributed by atoms with E-state index in [0.29, 0.717) is 37.7 Å². The number of nitrogens with zero attached hydrogens (tertiary/aromatic N) is 1. The molecule has 0 bridgehead atoms. The Hall–Kier alpha value is -9.33. The van der Waals surface area contributed by atoms with Gasteiger partial charge in [-0.3, -0.25) is 67.3 Å². The summed E-state index contributed by atoms with van der Waals surface area (Å²) < 4.78 is 0. The third kappa shape index (κ3) is 34.5. The van der Waals surface area contributed by atoms with E-state index < -0.39 is 199 Å². The van der Waals surface area contributed by atoms with Gasteiger partial charge in [0.2, 0.25) is 76.8 Å². The Bertz CT molecular complexity index is 2940. The molecular weight excluding hydrogens is 1320 g/mol. The number of carbonyl (C=O) groups excluding carboxylic acids is 13. The molecule has 0 unspecified atom stereocenters. The largest absolute Gasteiger partial charge is 0.508 e. The van der Waals surface area contributed by atoms with Crippen molar-refractivity contribution < 1.29 is 87.5 Å². The lowest BCUT2D eigenvalue weighted by Gasteiger charge is -2.30. The summed E-state index contributed by atoms with van der Waals surface area (Å²) in [6.45, 7) is 11.8. The molecule has 1 aromatic carbocycles. The minimum absolute atomic E-state index is 0.0121. The minimum atomic E-state index is -1.82. The van der Waals surface area contributed by atoms with Gasteiger partial charge in [-0.15, -0.1) is 0 Å². The second-order valence-electron chi connectivity index (χ2n) is 25.6. The number of carboxylic acid groups (broad SMARTS) is 1. The zero-order valence-corrected chi connectivity index (χ0v) is 59.0. The lowest BCUT2D eigenvalue weighted by atomic mass is 9.96. The van der Waals surface area contributed by atoms with Crippen LogP contribution < -0.4 is 98.6 Å². The standard InChI is InChI=1S/C64H111N19O18/c1-9-34(6)50(82-62(99)51(36(8)85)83-58(95)44(29-32(2)3)78-59(96)46(31-84)80-54(91)40(16-10-12-26-65)75-53(90)39(67)15-14-28-72-64(70)71)61(98)79-45(30-37-18-20-38(86)21-19-37)57(94)73-35(7)52(89)74-42(23-25-48(69)88)56(93)81-49(33(4)5)60(97)76-41(22-24-47(68)87)55(92)77-43(63(100)101)17-11-13-27-66/h18-21,32-36,39-46,49-51,84-86H,9-17,22-31,65-67H2,1-8H3,(H2,68,87)(H2,69,88)(H,73,94)(H,74,89)(H,75,90)(H,76,97)(H,77,92)(H,78,96)(H,79,98)(H,80,91)(H,81,93)(H,82,99)(H,83,95)(H,100,101)(H4,70,71,72)/t34-,35-,36+,39-,40-,41-,42-,43-,44-,45-,46-,49-,50-,51-/m0/s1. The quantitative estimate of drug-likeness (QED) is 0.0164. The highest BCUT2D eigenvalue weighted by Crippen LogP contribution is 2.16. The van der Waals surface area contributed by atoms with Crippen LogP contribution in [0.25, 0.3) is 0 Å². The van der Waals surface area contributed by atoms with Gasteiger partial charge in [0.25, 0.3) is 0 Å². The van der Waals surface area contributed by atoms with Crippen molar-refractivity contribution in [3.63, 3.8) is 0 Å². The third-order valence-electron chi connectivity index (χ3n) is 16.1. The van der Waals surface area contributed by atoms with Crippen LogP contribution in [0.2, 0.25) is 0 Å². The molecule has 29 N–H and O–H groups in total. The highest BCUT2D eigenvalue weighted by atomic mass is 16.4. The van der Waals surface area contributed by atoms with E-state index >= 15 is 0 Å². The van der Waals surface area contributed by atoms with Gasteiger partial charge in [0.15, 0.2) is 5.96 Å². The molecule has 0 heterocycles. The number of aromatic hydroxyl groups is 1. The fourth-order valence-corrected chi connectivity index (χ4v) is 9.93. The molecule has 0 aliphatic heterocycles. The van der Waals surface area contributed by atoms with E-state index in [4.69, 9.17) is 40.1 Å². The molecule has 570 valence electrons. The normalized spacial score (nSPS) is 15.4. The first kappa shape index (κ1) is 89.7. The summed E-state index contributed by atoms with van der Waals surface area (Å²) in [5.74, 6) is -16.0. The predicted molar refractivity (Wildman–Crippen MR) is 369 cm³/mol. The first-order chi connectivity index (χ1) is 47.4. The van der Waals surface area contributed by atoms with Crippen LogP contribution in [0.5, 0.6) is 5.75 Å². The van der Waals surface area contributed by atoms with Gasteiger partial charge in [0.05, 0.1) is 18.8 Å². The average Bonchev–Trinajstić information content (AvgIpc) is 0.849. The van der Waals surface area contributed by atoms with Gasteiger partial charge in [-0.25, -0.2) is 4.79 Å². The number of carboxylic acids is 1. The Morgan fingerprint density at radius 1 is 0.465 bits per heavy atom. The molecule has 0 saturated carbocycles. The van der Waals surface area contributed by atoms with E-state index in [2.05, 4.69) is 63.5 Å². The van der Waals surface area contributed by atoms with Crippen molar-refractivity contribution >= 4 is 88.7 Å². The summed E-state index contributed by atoms with van der Waals surface area (Å²) in [6, 6.07) is -12.5. The van der Waals surface area contributed by atoms with Crippen LogP contribution >= 0.6 is 0 Å². The number of nitrogens with two attached hydrogens (primary N) is 7. The topological polar surface area (TPSA) is 647 Å². The molecule has 0 saturated heterocycles. The van der Waals surface area contributed by atoms with Crippen LogP contribution in [0.4, 0.5) is 0 Å². The van der Waals surface area contributed by atoms with E-state index in [9.17, 15) is 87.5 Å². The first-order valence-corrected chi connectivity index (χ1v) is 33.8. The zero-order valence-electron chi connectivity index (χ0n) is 59.0. The smallest absolute Gasteiger partial charge is 0.326 e. The maximum absolute atomic E-state index is 14.6. The lowest BCUT2D eigenvalue weighted by Crippen LogP contribution is -2.63. The van der Waals surface area contributed by atoms with Gasteiger partial charge in [0.1, 0.15) is 72.2 Å². The predicted octanol–water partition coefficient (Wildman–Crippen LogP) is -6.34. The molecule has 37 heteroatoms. The van der Waals surface area contributed by atoms with Crippen LogP contribution in [-0.4, -0.2) is 214 Å². The maximum atomic E-state index is 14.6. The number of aliphatic carboxylic acids is 1. The summed E-state index contributed by atoms with van der Waals surface area (Å²) >= 11 is 0. The van der Waals surface area contributed by atoms with Gasteiger partial charge in [-0.1, -0.05) is 60.1 Å². The minimum Gasteiger partial charge on any atom is -0.508 e. The summed E-state index contributed by atoms with van der Waals surface area (Å²) in [5.41, 5.74) is 39.1. The fraction of sp³-hybridized carbons (Fsp3) is 0.672. The van der Waals surface area contributed by atoms with Gasteiger partial charge in [-0.2, -0.15) is 0 Å². The Labute approximate surface area is 587 Å². The average molecular weight is 1430 g/mol. The van der Waals surface area contributed by atoms with Gasteiger partial charge in [-0.05, 0) is 133 Å². The van der Waals surface area contributed by atoms with E-state index in [1.165, 1.54) is 45.0 Å². The first-order valence-electron chi connectivity index (χ1n) is 33.8. The Morgan fingerprint density at radius 2 is 0.881 bits per heavy atom. The van der Waals surface area contributed by atoms with Gasteiger partial charge in [0, 0.05) is 25.8 Å². The fourth-order valence-electron chi connectivity index (χ4n) is 9.93. The van der Waals surface area contributed by atoms with Crippen LogP contribution in [0.1, 0.15) is 151 Å². The Balaban J connectivity index is 3.54. The van der Waals surface area contributed by atoms with Crippen molar-refractivity contribution in [1.29, 1.82) is 0 Å². The van der Waals surface area contributed by atoms with Crippen LogP contribution in [0.3, 0.4) is 0 Å². The number of amides is 13. The lowest BCUT2D eigenvalue weighted by molar-refractivity contribution is -0.142. The number of phenols is 1. The molecule has 0 spiro atoms. The number of aliphatic imine (C=N–C) groups is 1. The number of carbonyl (C=O) groups is 14. The number of aliphatic hydroxyl groups excluding tert-OH is 2. The number of hydrogen-bond donors (Lipinski definition) is 22. The summed E-state index contributed by atoms with van der Waals surface area (Å²) in [5, 5.41) is 68.5. The number of nitrogens with one attached hydrogen (secondary N) is 11. The summed E-state index contributed by atoms with van der Waals surface area (Å²) in [7, 11) is 0. The van der Waals surface area contributed by atoms with Crippen molar-refractivity contribution in [3.8, 4) is 5.75 Å². The molecule has 0 fully saturated rings.